The van der Waals surface area contributed by atoms with Crippen LogP contribution in [0.15, 0.2) is 47.4 Å². The molecule has 0 saturated heterocycles. The van der Waals surface area contributed by atoms with E-state index < -0.39 is 6.61 Å². The van der Waals surface area contributed by atoms with Crippen molar-refractivity contribution in [1.29, 1.82) is 0 Å². The summed E-state index contributed by atoms with van der Waals surface area (Å²) in [5.74, 6) is 0.885. The summed E-state index contributed by atoms with van der Waals surface area (Å²) in [6, 6.07) is 11.6. The molecule has 128 valence electrons. The van der Waals surface area contributed by atoms with Gasteiger partial charge >= 0.3 is 6.61 Å². The third kappa shape index (κ3) is 4.05. The predicted octanol–water partition coefficient (Wildman–Crippen LogP) is 5.31. The number of hydrogen-bond donors (Lipinski definition) is 1. The van der Waals surface area contributed by atoms with Crippen LogP contribution in [0.25, 0.3) is 0 Å². The van der Waals surface area contributed by atoms with E-state index in [0.717, 1.165) is 28.2 Å². The quantitative estimate of drug-likeness (QED) is 0.787. The highest BCUT2D eigenvalue weighted by atomic mass is 32.2. The number of nitrogens with one attached hydrogen (secondary N) is 1. The van der Waals surface area contributed by atoms with E-state index in [9.17, 15) is 13.2 Å². The van der Waals surface area contributed by atoms with Gasteiger partial charge in [0.2, 0.25) is 0 Å². The normalized spacial score (nSPS) is 18.3. The lowest BCUT2D eigenvalue weighted by Crippen LogP contribution is -2.27. The first kappa shape index (κ1) is 17.2. The minimum absolute atomic E-state index is 0.00909. The fourth-order valence-corrected chi connectivity index (χ4v) is 3.98. The minimum atomic E-state index is -2.82. The van der Waals surface area contributed by atoms with Crippen LogP contribution in [0, 0.1) is 5.82 Å². The molecular formula is C18H18F3NOS. The zero-order valence-electron chi connectivity index (χ0n) is 13.1. The Morgan fingerprint density at radius 1 is 1.17 bits per heavy atom. The van der Waals surface area contributed by atoms with E-state index in [1.807, 2.05) is 13.0 Å². The number of benzene rings is 2. The zero-order chi connectivity index (χ0) is 17.1. The second-order valence-electron chi connectivity index (χ2n) is 5.71. The van der Waals surface area contributed by atoms with Crippen molar-refractivity contribution < 1.29 is 17.9 Å². The van der Waals surface area contributed by atoms with Crippen LogP contribution in [0.3, 0.4) is 0 Å². The molecule has 1 heterocycles. The van der Waals surface area contributed by atoms with Crippen molar-refractivity contribution in [2.75, 3.05) is 5.75 Å². The molecule has 2 nitrogen and oxygen atoms in total. The molecule has 2 atom stereocenters. The van der Waals surface area contributed by atoms with Crippen LogP contribution in [0.4, 0.5) is 13.2 Å². The largest absolute Gasteiger partial charge is 0.435 e. The molecule has 24 heavy (non-hydrogen) atoms. The third-order valence-electron chi connectivity index (χ3n) is 4.07. The van der Waals surface area contributed by atoms with Gasteiger partial charge in [-0.1, -0.05) is 12.1 Å². The van der Waals surface area contributed by atoms with Crippen LogP contribution in [0.5, 0.6) is 5.75 Å². The van der Waals surface area contributed by atoms with Crippen molar-refractivity contribution in [3.8, 4) is 5.75 Å². The molecule has 2 aromatic carbocycles. The summed E-state index contributed by atoms with van der Waals surface area (Å²) in [5, 5.41) is 3.51. The maximum Gasteiger partial charge on any atom is 0.387 e. The smallest absolute Gasteiger partial charge is 0.387 e. The van der Waals surface area contributed by atoms with E-state index in [0.29, 0.717) is 0 Å². The number of alkyl halides is 2. The van der Waals surface area contributed by atoms with Crippen molar-refractivity contribution in [2.45, 2.75) is 36.9 Å². The molecule has 0 fully saturated rings. The number of fused-ring (bicyclic) bond motifs is 1. The molecule has 0 saturated carbocycles. The van der Waals surface area contributed by atoms with Gasteiger partial charge in [0.05, 0.1) is 0 Å². The first-order valence-corrected chi connectivity index (χ1v) is 8.74. The zero-order valence-corrected chi connectivity index (χ0v) is 14.0. The fraction of sp³-hybridized carbons (Fsp3) is 0.333. The Labute approximate surface area is 143 Å². The molecule has 1 aliphatic rings. The van der Waals surface area contributed by atoms with Gasteiger partial charge in [0.1, 0.15) is 11.6 Å². The highest BCUT2D eigenvalue weighted by molar-refractivity contribution is 7.99. The van der Waals surface area contributed by atoms with Gasteiger partial charge in [0, 0.05) is 17.0 Å². The van der Waals surface area contributed by atoms with E-state index in [2.05, 4.69) is 10.1 Å². The van der Waals surface area contributed by atoms with Crippen LogP contribution in [-0.2, 0) is 0 Å². The Morgan fingerprint density at radius 2 is 1.92 bits per heavy atom. The standard InChI is InChI=1S/C18H18F3NOS/c1-11(12-2-5-14(6-3-12)23-18(20)21)22-16-8-9-24-17-7-4-13(19)10-15(16)17/h2-7,10-11,16,18,22H,8-9H2,1H3. The molecule has 0 bridgehead atoms. The Hall–Kier alpha value is -1.66. The maximum absolute atomic E-state index is 13.6. The summed E-state index contributed by atoms with van der Waals surface area (Å²) in [5.41, 5.74) is 1.95. The average molecular weight is 353 g/mol. The monoisotopic (exact) mass is 353 g/mol. The molecule has 2 aromatic rings. The Balaban J connectivity index is 1.71. The van der Waals surface area contributed by atoms with Crippen molar-refractivity contribution in [3.63, 3.8) is 0 Å². The number of hydrogen-bond acceptors (Lipinski definition) is 3. The topological polar surface area (TPSA) is 21.3 Å². The lowest BCUT2D eigenvalue weighted by atomic mass is 10.0. The lowest BCUT2D eigenvalue weighted by Gasteiger charge is -2.29. The van der Waals surface area contributed by atoms with Crippen LogP contribution >= 0.6 is 11.8 Å². The molecule has 2 unspecified atom stereocenters. The first-order chi connectivity index (χ1) is 11.5. The van der Waals surface area contributed by atoms with Crippen LogP contribution in [0.2, 0.25) is 0 Å². The number of halogens is 3. The number of ether oxygens (including phenoxy) is 1. The summed E-state index contributed by atoms with van der Waals surface area (Å²) in [7, 11) is 0. The summed E-state index contributed by atoms with van der Waals surface area (Å²) < 4.78 is 42.3. The first-order valence-electron chi connectivity index (χ1n) is 7.76. The van der Waals surface area contributed by atoms with Crippen molar-refractivity contribution in [1.82, 2.24) is 5.32 Å². The van der Waals surface area contributed by atoms with E-state index in [-0.39, 0.29) is 23.7 Å². The fourth-order valence-electron chi connectivity index (χ4n) is 2.87. The second-order valence-corrected chi connectivity index (χ2v) is 6.84. The van der Waals surface area contributed by atoms with Gasteiger partial charge in [-0.05, 0) is 60.6 Å². The van der Waals surface area contributed by atoms with Crippen LogP contribution in [0.1, 0.15) is 36.6 Å². The molecule has 0 aromatic heterocycles. The molecule has 6 heteroatoms. The van der Waals surface area contributed by atoms with E-state index in [4.69, 9.17) is 0 Å². The van der Waals surface area contributed by atoms with Crippen molar-refractivity contribution in [2.24, 2.45) is 0 Å². The van der Waals surface area contributed by atoms with Crippen LogP contribution < -0.4 is 10.1 Å². The van der Waals surface area contributed by atoms with Gasteiger partial charge < -0.3 is 10.1 Å². The Morgan fingerprint density at radius 3 is 2.62 bits per heavy atom. The van der Waals surface area contributed by atoms with Gasteiger partial charge in [0.15, 0.2) is 0 Å². The molecule has 3 rings (SSSR count). The third-order valence-corrected chi connectivity index (χ3v) is 5.19. The number of rotatable bonds is 5. The van der Waals surface area contributed by atoms with Gasteiger partial charge in [-0.2, -0.15) is 8.78 Å². The molecule has 1 N–H and O–H groups in total. The lowest BCUT2D eigenvalue weighted by molar-refractivity contribution is -0.0498. The average Bonchev–Trinajstić information content (AvgIpc) is 2.55. The maximum atomic E-state index is 13.6. The molecular weight excluding hydrogens is 335 g/mol. The highest BCUT2D eigenvalue weighted by Crippen LogP contribution is 2.37. The minimum Gasteiger partial charge on any atom is -0.435 e. The number of thioether (sulfide) groups is 1. The predicted molar refractivity (Wildman–Crippen MR) is 89.1 cm³/mol. The van der Waals surface area contributed by atoms with E-state index >= 15 is 0 Å². The van der Waals surface area contributed by atoms with Gasteiger partial charge in [-0.3, -0.25) is 0 Å². The molecule has 0 radical (unpaired) electrons. The molecule has 0 spiro atoms. The summed E-state index contributed by atoms with van der Waals surface area (Å²) >= 11 is 1.74. The van der Waals surface area contributed by atoms with Crippen molar-refractivity contribution in [3.05, 3.63) is 59.4 Å². The molecule has 0 aliphatic carbocycles. The summed E-state index contributed by atoms with van der Waals surface area (Å²) in [6.07, 6.45) is 0.915. The second kappa shape index (κ2) is 7.49. The van der Waals surface area contributed by atoms with E-state index in [1.165, 1.54) is 18.2 Å². The highest BCUT2D eigenvalue weighted by Gasteiger charge is 2.23. The van der Waals surface area contributed by atoms with Gasteiger partial charge in [0.25, 0.3) is 0 Å². The SMILES string of the molecule is CC(NC1CCSc2ccc(F)cc21)c1ccc(OC(F)F)cc1. The summed E-state index contributed by atoms with van der Waals surface area (Å²) in [6.45, 7) is -0.818. The van der Waals surface area contributed by atoms with E-state index in [1.54, 1.807) is 30.0 Å². The Bertz CT molecular complexity index is 693. The van der Waals surface area contributed by atoms with Crippen molar-refractivity contribution >= 4 is 11.8 Å². The van der Waals surface area contributed by atoms with Crippen LogP contribution in [-0.4, -0.2) is 12.4 Å². The molecule has 0 amide bonds. The summed E-state index contributed by atoms with van der Waals surface area (Å²) in [4.78, 5) is 1.10. The molecule has 1 aliphatic heterocycles. The van der Waals surface area contributed by atoms with Gasteiger partial charge in [-0.25, -0.2) is 4.39 Å². The Kier molecular flexibility index (Phi) is 5.36. The van der Waals surface area contributed by atoms with Gasteiger partial charge in [-0.15, -0.1) is 11.8 Å².